The Morgan fingerprint density at radius 2 is 2.05 bits per heavy atom. The second-order valence-corrected chi connectivity index (χ2v) is 7.16. The van der Waals surface area contributed by atoms with Gasteiger partial charge in [-0.2, -0.15) is 0 Å². The molecule has 1 saturated heterocycles. The van der Waals surface area contributed by atoms with E-state index in [2.05, 4.69) is 28.9 Å². The quantitative estimate of drug-likeness (QED) is 0.847. The summed E-state index contributed by atoms with van der Waals surface area (Å²) in [6.45, 7) is 2.85. The third kappa shape index (κ3) is 3.25. The number of nitrogens with two attached hydrogens (primary N) is 1. The van der Waals surface area contributed by atoms with Crippen molar-refractivity contribution in [1.29, 1.82) is 0 Å². The largest absolute Gasteiger partial charge is 0.320 e. The number of hydrogen-bond acceptors (Lipinski definition) is 3. The van der Waals surface area contributed by atoms with E-state index in [1.54, 1.807) is 0 Å². The molecule has 0 spiro atoms. The van der Waals surface area contributed by atoms with Gasteiger partial charge in [-0.1, -0.05) is 24.7 Å². The van der Waals surface area contributed by atoms with E-state index < -0.39 is 0 Å². The Labute approximate surface area is 126 Å². The van der Waals surface area contributed by atoms with Crippen LogP contribution in [0.3, 0.4) is 0 Å². The van der Waals surface area contributed by atoms with Gasteiger partial charge in [-0.15, -0.1) is 11.3 Å². The minimum absolute atomic E-state index is 0.448. The Morgan fingerprint density at radius 3 is 2.95 bits per heavy atom. The number of fused-ring (bicyclic) bond motifs is 1. The summed E-state index contributed by atoms with van der Waals surface area (Å²) >= 11 is 1.84. The van der Waals surface area contributed by atoms with Crippen LogP contribution in [0.1, 0.15) is 48.3 Å². The molecular weight excluding hydrogens is 264 g/mol. The molecule has 2 aliphatic rings. The molecule has 1 aliphatic heterocycles. The van der Waals surface area contributed by atoms with E-state index >= 15 is 0 Å². The highest BCUT2D eigenvalue weighted by Crippen LogP contribution is 2.36. The summed E-state index contributed by atoms with van der Waals surface area (Å²) < 4.78 is 0. The number of rotatable bonds is 2. The van der Waals surface area contributed by atoms with Crippen molar-refractivity contribution in [3.05, 3.63) is 21.9 Å². The zero-order valence-corrected chi connectivity index (χ0v) is 12.9. The molecule has 0 aromatic carbocycles. The van der Waals surface area contributed by atoms with Gasteiger partial charge in [0.25, 0.3) is 0 Å². The van der Waals surface area contributed by atoms with E-state index in [1.807, 2.05) is 11.3 Å². The average molecular weight is 288 g/mol. The summed E-state index contributed by atoms with van der Waals surface area (Å²) in [5, 5.41) is 0. The average Bonchev–Trinajstić information content (AvgIpc) is 2.93. The molecular formula is C17H24N2S. The third-order valence-corrected chi connectivity index (χ3v) is 5.68. The summed E-state index contributed by atoms with van der Waals surface area (Å²) in [6, 6.07) is 5.24. The molecule has 2 atom stereocenters. The van der Waals surface area contributed by atoms with Gasteiger partial charge in [0.05, 0.1) is 11.4 Å². The maximum absolute atomic E-state index is 5.43. The standard InChI is InChI=1S/C17H24N2S/c18-11-3-7-15-9-10-16(20-15)13-19-12-4-6-14-5-1-2-8-17(14)19/h9-10,14,17H,1-2,4-6,8,11-13,18H2. The molecule has 1 aliphatic carbocycles. The zero-order valence-electron chi connectivity index (χ0n) is 12.1. The van der Waals surface area contributed by atoms with Crippen LogP contribution < -0.4 is 5.73 Å². The molecule has 0 radical (unpaired) electrons. The smallest absolute Gasteiger partial charge is 0.0772 e. The van der Waals surface area contributed by atoms with Crippen LogP contribution in [0.4, 0.5) is 0 Å². The fourth-order valence-electron chi connectivity index (χ4n) is 3.79. The van der Waals surface area contributed by atoms with Gasteiger partial charge in [0, 0.05) is 17.5 Å². The highest BCUT2D eigenvalue weighted by Gasteiger charge is 2.33. The fraction of sp³-hybridized carbons (Fsp3) is 0.647. The van der Waals surface area contributed by atoms with Gasteiger partial charge in [-0.25, -0.2) is 0 Å². The van der Waals surface area contributed by atoms with Crippen LogP contribution in [0.2, 0.25) is 0 Å². The summed E-state index contributed by atoms with van der Waals surface area (Å²) in [6.07, 6.45) is 8.59. The lowest BCUT2D eigenvalue weighted by atomic mass is 9.78. The van der Waals surface area contributed by atoms with Gasteiger partial charge in [-0.3, -0.25) is 4.90 Å². The molecule has 2 fully saturated rings. The van der Waals surface area contributed by atoms with Gasteiger partial charge in [0.1, 0.15) is 0 Å². The second kappa shape index (κ2) is 6.76. The lowest BCUT2D eigenvalue weighted by Crippen LogP contribution is -2.46. The number of piperidine rings is 1. The predicted octanol–water partition coefficient (Wildman–Crippen LogP) is 3.21. The Balaban J connectivity index is 1.65. The third-order valence-electron chi connectivity index (χ3n) is 4.69. The molecule has 1 aromatic heterocycles. The minimum Gasteiger partial charge on any atom is -0.320 e. The molecule has 2 unspecified atom stereocenters. The molecule has 1 saturated carbocycles. The van der Waals surface area contributed by atoms with Gasteiger partial charge in [0.2, 0.25) is 0 Å². The molecule has 2 heterocycles. The first kappa shape index (κ1) is 14.1. The maximum Gasteiger partial charge on any atom is 0.0772 e. The monoisotopic (exact) mass is 288 g/mol. The minimum atomic E-state index is 0.448. The second-order valence-electron chi connectivity index (χ2n) is 6.00. The highest BCUT2D eigenvalue weighted by molar-refractivity contribution is 7.12. The first-order valence-electron chi connectivity index (χ1n) is 7.88. The number of thiophene rings is 1. The normalized spacial score (nSPS) is 26.6. The van der Waals surface area contributed by atoms with E-state index in [0.717, 1.165) is 23.4 Å². The lowest BCUT2D eigenvalue weighted by molar-refractivity contribution is 0.0555. The number of hydrogen-bond donors (Lipinski definition) is 1. The fourth-order valence-corrected chi connectivity index (χ4v) is 4.70. The van der Waals surface area contributed by atoms with Crippen molar-refractivity contribution < 1.29 is 0 Å². The summed E-state index contributed by atoms with van der Waals surface area (Å²) in [5.41, 5.74) is 5.43. The Hall–Kier alpha value is -0.820. The van der Waals surface area contributed by atoms with E-state index in [0.29, 0.717) is 6.54 Å². The van der Waals surface area contributed by atoms with Crippen molar-refractivity contribution in [1.82, 2.24) is 4.90 Å². The molecule has 108 valence electrons. The van der Waals surface area contributed by atoms with Crippen molar-refractivity contribution >= 4 is 11.3 Å². The number of nitrogens with zero attached hydrogens (tertiary/aromatic N) is 1. The Kier molecular flexibility index (Phi) is 4.77. The first-order chi connectivity index (χ1) is 9.86. The lowest BCUT2D eigenvalue weighted by Gasteiger charge is -2.44. The summed E-state index contributed by atoms with van der Waals surface area (Å²) in [7, 11) is 0. The zero-order chi connectivity index (χ0) is 13.8. The van der Waals surface area contributed by atoms with Crippen LogP contribution in [0.25, 0.3) is 0 Å². The summed E-state index contributed by atoms with van der Waals surface area (Å²) in [4.78, 5) is 5.35. The van der Waals surface area contributed by atoms with E-state index in [9.17, 15) is 0 Å². The van der Waals surface area contributed by atoms with Crippen LogP contribution in [0, 0.1) is 17.8 Å². The molecule has 2 nitrogen and oxygen atoms in total. The maximum atomic E-state index is 5.43. The van der Waals surface area contributed by atoms with Crippen molar-refractivity contribution in [2.75, 3.05) is 13.1 Å². The van der Waals surface area contributed by atoms with Crippen molar-refractivity contribution in [2.45, 2.75) is 51.1 Å². The highest BCUT2D eigenvalue weighted by atomic mass is 32.1. The molecule has 0 bridgehead atoms. The summed E-state index contributed by atoms with van der Waals surface area (Å²) in [5.74, 6) is 7.05. The van der Waals surface area contributed by atoms with Crippen molar-refractivity contribution in [3.63, 3.8) is 0 Å². The predicted molar refractivity (Wildman–Crippen MR) is 85.6 cm³/mol. The van der Waals surface area contributed by atoms with Crippen LogP contribution in [-0.4, -0.2) is 24.0 Å². The van der Waals surface area contributed by atoms with E-state index in [4.69, 9.17) is 5.73 Å². The topological polar surface area (TPSA) is 29.3 Å². The van der Waals surface area contributed by atoms with Crippen molar-refractivity contribution in [2.24, 2.45) is 11.7 Å². The number of likely N-dealkylation sites (tertiary alicyclic amines) is 1. The van der Waals surface area contributed by atoms with Gasteiger partial charge >= 0.3 is 0 Å². The van der Waals surface area contributed by atoms with Crippen LogP contribution in [0.15, 0.2) is 12.1 Å². The molecule has 0 amide bonds. The molecule has 2 N–H and O–H groups in total. The SMILES string of the molecule is NCC#Cc1ccc(CN2CCCC3CCCCC32)s1. The Morgan fingerprint density at radius 1 is 1.20 bits per heavy atom. The van der Waals surface area contributed by atoms with Gasteiger partial charge in [-0.05, 0) is 50.3 Å². The van der Waals surface area contributed by atoms with Crippen LogP contribution >= 0.6 is 11.3 Å². The molecule has 1 aromatic rings. The molecule has 3 heteroatoms. The van der Waals surface area contributed by atoms with E-state index in [-0.39, 0.29) is 0 Å². The van der Waals surface area contributed by atoms with Crippen molar-refractivity contribution in [3.8, 4) is 11.8 Å². The first-order valence-corrected chi connectivity index (χ1v) is 8.70. The van der Waals surface area contributed by atoms with Crippen LogP contribution in [0.5, 0.6) is 0 Å². The molecule has 20 heavy (non-hydrogen) atoms. The Bertz CT molecular complexity index is 495. The van der Waals surface area contributed by atoms with E-state index in [1.165, 1.54) is 49.9 Å². The van der Waals surface area contributed by atoms with Gasteiger partial charge in [0.15, 0.2) is 0 Å². The van der Waals surface area contributed by atoms with Gasteiger partial charge < -0.3 is 5.73 Å². The molecule has 3 rings (SSSR count). The van der Waals surface area contributed by atoms with Crippen LogP contribution in [-0.2, 0) is 6.54 Å².